The summed E-state index contributed by atoms with van der Waals surface area (Å²) in [6.45, 7) is 4.26. The van der Waals surface area contributed by atoms with E-state index in [0.717, 1.165) is 6.42 Å². The lowest BCUT2D eigenvalue weighted by atomic mass is 10.2. The molecule has 1 atom stereocenters. The Labute approximate surface area is 165 Å². The van der Waals surface area contributed by atoms with Crippen molar-refractivity contribution in [1.29, 1.82) is 0 Å². The molecule has 7 nitrogen and oxygen atoms in total. The predicted molar refractivity (Wildman–Crippen MR) is 108 cm³/mol. The van der Waals surface area contributed by atoms with Gasteiger partial charge in [0.2, 0.25) is 10.0 Å². The number of hydrogen-bond donors (Lipinski definition) is 2. The molecule has 1 aromatic carbocycles. The molecule has 1 aliphatic rings. The molecule has 1 heterocycles. The first-order valence-corrected chi connectivity index (χ1v) is 11.2. The molecule has 0 amide bonds. The van der Waals surface area contributed by atoms with E-state index < -0.39 is 21.7 Å². The second kappa shape index (κ2) is 10.0. The lowest BCUT2D eigenvalue weighted by Crippen LogP contribution is -2.45. The lowest BCUT2D eigenvalue weighted by molar-refractivity contribution is 0.424. The van der Waals surface area contributed by atoms with Crippen molar-refractivity contribution in [3.63, 3.8) is 0 Å². The van der Waals surface area contributed by atoms with Crippen molar-refractivity contribution in [2.45, 2.75) is 25.8 Å². The van der Waals surface area contributed by atoms with Crippen molar-refractivity contribution in [3.8, 4) is 0 Å². The maximum Gasteiger partial charge on any atom is 0.211 e. The molecule has 28 heavy (non-hydrogen) atoms. The zero-order chi connectivity index (χ0) is 20.7. The van der Waals surface area contributed by atoms with Gasteiger partial charge in [0.15, 0.2) is 5.96 Å². The Morgan fingerprint density at radius 2 is 2.04 bits per heavy atom. The zero-order valence-corrected chi connectivity index (χ0v) is 17.4. The number of hydrogen-bond acceptors (Lipinski definition) is 4. The molecular weight excluding hydrogens is 388 g/mol. The van der Waals surface area contributed by atoms with Crippen molar-refractivity contribution in [3.05, 3.63) is 29.8 Å². The molecule has 158 valence electrons. The Kier molecular flexibility index (Phi) is 7.99. The van der Waals surface area contributed by atoms with Gasteiger partial charge in [-0.05, 0) is 25.0 Å². The summed E-state index contributed by atoms with van der Waals surface area (Å²) in [4.78, 5) is 5.86. The Morgan fingerprint density at radius 3 is 2.61 bits per heavy atom. The maximum atomic E-state index is 14.0. The summed E-state index contributed by atoms with van der Waals surface area (Å²) in [5, 5.41) is 6.41. The smallest absolute Gasteiger partial charge is 0.211 e. The van der Waals surface area contributed by atoms with Crippen LogP contribution < -0.4 is 15.5 Å². The molecule has 1 fully saturated rings. The molecule has 1 unspecified atom stereocenters. The summed E-state index contributed by atoms with van der Waals surface area (Å²) < 4.78 is 52.5. The van der Waals surface area contributed by atoms with E-state index in [1.165, 1.54) is 28.8 Å². The highest BCUT2D eigenvalue weighted by Crippen LogP contribution is 2.26. The van der Waals surface area contributed by atoms with E-state index in [9.17, 15) is 17.2 Å². The van der Waals surface area contributed by atoms with Crippen LogP contribution in [0.4, 0.5) is 14.5 Å². The highest BCUT2D eigenvalue weighted by Gasteiger charge is 2.27. The van der Waals surface area contributed by atoms with Crippen LogP contribution in [0.1, 0.15) is 19.8 Å². The van der Waals surface area contributed by atoms with Gasteiger partial charge in [-0.1, -0.05) is 13.0 Å². The average Bonchev–Trinajstić information content (AvgIpc) is 3.07. The summed E-state index contributed by atoms with van der Waals surface area (Å²) in [7, 11) is -1.54. The van der Waals surface area contributed by atoms with Crippen LogP contribution in [-0.2, 0) is 10.0 Å². The molecule has 2 N–H and O–H groups in total. The molecule has 1 aromatic rings. The number of guanidine groups is 1. The number of para-hydroxylation sites is 1. The van der Waals surface area contributed by atoms with E-state index in [1.54, 1.807) is 18.9 Å². The number of sulfonamides is 1. The van der Waals surface area contributed by atoms with E-state index >= 15 is 0 Å². The van der Waals surface area contributed by atoms with Gasteiger partial charge in [-0.3, -0.25) is 4.99 Å². The number of rotatable bonds is 8. The lowest BCUT2D eigenvalue weighted by Gasteiger charge is -2.21. The Bertz CT molecular complexity index is 768. The van der Waals surface area contributed by atoms with Gasteiger partial charge >= 0.3 is 0 Å². The van der Waals surface area contributed by atoms with Gasteiger partial charge in [-0.25, -0.2) is 21.5 Å². The molecular formula is C18H29F2N5O2S. The Hall–Kier alpha value is -1.94. The van der Waals surface area contributed by atoms with Crippen LogP contribution in [0.3, 0.4) is 0 Å². The van der Waals surface area contributed by atoms with Crippen LogP contribution in [0, 0.1) is 11.6 Å². The first-order chi connectivity index (χ1) is 13.3. The third-order valence-corrected chi connectivity index (χ3v) is 6.08. The van der Waals surface area contributed by atoms with Gasteiger partial charge in [0.1, 0.15) is 17.3 Å². The van der Waals surface area contributed by atoms with Gasteiger partial charge < -0.3 is 15.5 Å². The van der Waals surface area contributed by atoms with Crippen LogP contribution in [0.25, 0.3) is 0 Å². The Balaban J connectivity index is 1.81. The number of nitrogens with one attached hydrogen (secondary N) is 2. The SMILES string of the molecule is CCN(CCCNC(=NC)NC1CCN(c2c(F)cccc2F)C1)S(C)(=O)=O. The van der Waals surface area contributed by atoms with Gasteiger partial charge in [-0.15, -0.1) is 0 Å². The van der Waals surface area contributed by atoms with Crippen molar-refractivity contribution < 1.29 is 17.2 Å². The minimum atomic E-state index is -3.19. The second-order valence-electron chi connectivity index (χ2n) is 6.75. The summed E-state index contributed by atoms with van der Waals surface area (Å²) in [5.74, 6) is -0.535. The van der Waals surface area contributed by atoms with Crippen LogP contribution in [0.15, 0.2) is 23.2 Å². The number of anilines is 1. The fourth-order valence-corrected chi connectivity index (χ4v) is 4.21. The van der Waals surface area contributed by atoms with Gasteiger partial charge in [0.05, 0.1) is 6.26 Å². The van der Waals surface area contributed by atoms with Crippen molar-refractivity contribution in [2.24, 2.45) is 4.99 Å². The molecule has 10 heteroatoms. The molecule has 1 aliphatic heterocycles. The van der Waals surface area contributed by atoms with Gasteiger partial charge in [0, 0.05) is 45.8 Å². The van der Waals surface area contributed by atoms with Crippen LogP contribution in [0.2, 0.25) is 0 Å². The van der Waals surface area contributed by atoms with Gasteiger partial charge in [0.25, 0.3) is 0 Å². The normalized spacial score (nSPS) is 18.0. The molecule has 0 aromatic heterocycles. The molecule has 0 bridgehead atoms. The fraction of sp³-hybridized carbons (Fsp3) is 0.611. The zero-order valence-electron chi connectivity index (χ0n) is 16.6. The maximum absolute atomic E-state index is 14.0. The molecule has 0 saturated carbocycles. The first-order valence-electron chi connectivity index (χ1n) is 9.37. The number of aliphatic imine (C=N–C) groups is 1. The Morgan fingerprint density at radius 1 is 1.36 bits per heavy atom. The summed E-state index contributed by atoms with van der Waals surface area (Å²) in [5.41, 5.74) is 0.00942. The highest BCUT2D eigenvalue weighted by atomic mass is 32.2. The molecule has 0 aliphatic carbocycles. The van der Waals surface area contributed by atoms with Crippen LogP contribution >= 0.6 is 0 Å². The quantitative estimate of drug-likeness (QED) is 0.380. The summed E-state index contributed by atoms with van der Waals surface area (Å²) >= 11 is 0. The monoisotopic (exact) mass is 417 g/mol. The first kappa shape index (κ1) is 22.4. The van der Waals surface area contributed by atoms with Crippen molar-refractivity contribution >= 4 is 21.7 Å². The fourth-order valence-electron chi connectivity index (χ4n) is 3.28. The molecule has 1 saturated heterocycles. The third kappa shape index (κ3) is 6.03. The van der Waals surface area contributed by atoms with E-state index in [1.807, 2.05) is 0 Å². The van der Waals surface area contributed by atoms with Gasteiger partial charge in [-0.2, -0.15) is 0 Å². The number of benzene rings is 1. The summed E-state index contributed by atoms with van der Waals surface area (Å²) in [6, 6.07) is 3.88. The standard InChI is InChI=1S/C18H29F2N5O2S/c1-4-25(28(3,26)27)11-6-10-22-18(21-2)23-14-9-12-24(13-14)17-15(19)7-5-8-16(17)20/h5,7-8,14H,4,6,9-13H2,1-3H3,(H2,21,22,23). The minimum Gasteiger partial charge on any atom is -0.365 e. The van der Waals surface area contributed by atoms with Crippen LogP contribution in [-0.4, -0.2) is 70.8 Å². The third-order valence-electron chi connectivity index (χ3n) is 4.70. The minimum absolute atomic E-state index is 0.00775. The highest BCUT2D eigenvalue weighted by molar-refractivity contribution is 7.88. The predicted octanol–water partition coefficient (Wildman–Crippen LogP) is 1.38. The van der Waals surface area contributed by atoms with Crippen molar-refractivity contribution in [1.82, 2.24) is 14.9 Å². The average molecular weight is 418 g/mol. The van der Waals surface area contributed by atoms with E-state index in [2.05, 4.69) is 15.6 Å². The molecule has 2 rings (SSSR count). The molecule has 0 radical (unpaired) electrons. The van der Waals surface area contributed by atoms with Crippen molar-refractivity contribution in [2.75, 3.05) is 50.9 Å². The van der Waals surface area contributed by atoms with Crippen LogP contribution in [0.5, 0.6) is 0 Å². The van der Waals surface area contributed by atoms with E-state index in [4.69, 9.17) is 0 Å². The number of halogens is 2. The number of nitrogens with zero attached hydrogens (tertiary/aromatic N) is 3. The summed E-state index contributed by atoms with van der Waals surface area (Å²) in [6.07, 6.45) is 2.57. The molecule has 0 spiro atoms. The van der Waals surface area contributed by atoms with E-state index in [-0.39, 0.29) is 11.7 Å². The largest absolute Gasteiger partial charge is 0.365 e. The second-order valence-corrected chi connectivity index (χ2v) is 8.74. The van der Waals surface area contributed by atoms with E-state index in [0.29, 0.717) is 45.1 Å². The topological polar surface area (TPSA) is 77.0 Å².